The van der Waals surface area contributed by atoms with Crippen LogP contribution >= 0.6 is 0 Å². The van der Waals surface area contributed by atoms with Crippen LogP contribution in [0.4, 0.5) is 16.2 Å². The Morgan fingerprint density at radius 1 is 0.964 bits per heavy atom. The Morgan fingerprint density at radius 2 is 1.64 bits per heavy atom. The van der Waals surface area contributed by atoms with E-state index in [9.17, 15) is 14.4 Å². The zero-order valence-corrected chi connectivity index (χ0v) is 16.2. The summed E-state index contributed by atoms with van der Waals surface area (Å²) < 4.78 is 5.08. The molecule has 28 heavy (non-hydrogen) atoms. The summed E-state index contributed by atoms with van der Waals surface area (Å²) in [7, 11) is 0. The normalized spacial score (nSPS) is 10.3. The van der Waals surface area contributed by atoms with Crippen LogP contribution in [-0.4, -0.2) is 30.6 Å². The highest BCUT2D eigenvalue weighted by Gasteiger charge is 2.14. The molecule has 0 unspecified atom stereocenters. The van der Waals surface area contributed by atoms with Gasteiger partial charge in [0.05, 0.1) is 23.4 Å². The van der Waals surface area contributed by atoms with E-state index in [1.165, 1.54) is 0 Å². The van der Waals surface area contributed by atoms with Crippen LogP contribution in [-0.2, 0) is 4.74 Å². The van der Waals surface area contributed by atoms with Crippen molar-refractivity contribution in [2.45, 2.75) is 33.2 Å². The summed E-state index contributed by atoms with van der Waals surface area (Å²) in [6.07, 6.45) is 0.752. The molecule has 7 nitrogen and oxygen atoms in total. The van der Waals surface area contributed by atoms with E-state index < -0.39 is 5.97 Å². The topological polar surface area (TPSA) is 96.5 Å². The van der Waals surface area contributed by atoms with E-state index in [4.69, 9.17) is 4.74 Å². The standard InChI is InChI=1S/C21H25N3O4/c1-4-13-28-20(26)15-9-11-16(12-10-15)23-19(25)17-7-5-6-8-18(17)24-21(27)22-14(2)3/h5-12,14H,4,13H2,1-3H3,(H,23,25)(H2,22,24,27). The zero-order valence-electron chi connectivity index (χ0n) is 16.2. The maximum absolute atomic E-state index is 12.6. The molecular formula is C21H25N3O4. The first-order chi connectivity index (χ1) is 13.4. The van der Waals surface area contributed by atoms with Crippen molar-refractivity contribution in [3.63, 3.8) is 0 Å². The highest BCUT2D eigenvalue weighted by molar-refractivity contribution is 6.10. The van der Waals surface area contributed by atoms with Crippen molar-refractivity contribution >= 4 is 29.3 Å². The lowest BCUT2D eigenvalue weighted by atomic mass is 10.1. The van der Waals surface area contributed by atoms with Crippen molar-refractivity contribution < 1.29 is 19.1 Å². The second-order valence-corrected chi connectivity index (χ2v) is 6.47. The lowest BCUT2D eigenvalue weighted by Crippen LogP contribution is -2.34. The number of carbonyl (C=O) groups is 3. The lowest BCUT2D eigenvalue weighted by Gasteiger charge is -2.13. The molecule has 0 saturated carbocycles. The number of anilines is 2. The lowest BCUT2D eigenvalue weighted by molar-refractivity contribution is 0.0505. The van der Waals surface area contributed by atoms with Gasteiger partial charge in [-0.2, -0.15) is 0 Å². The Labute approximate surface area is 164 Å². The highest BCUT2D eigenvalue weighted by atomic mass is 16.5. The minimum atomic E-state index is -0.398. The van der Waals surface area contributed by atoms with Crippen molar-refractivity contribution in [3.8, 4) is 0 Å². The van der Waals surface area contributed by atoms with Gasteiger partial charge >= 0.3 is 12.0 Å². The van der Waals surface area contributed by atoms with Gasteiger partial charge in [0, 0.05) is 11.7 Å². The van der Waals surface area contributed by atoms with Gasteiger partial charge in [-0.1, -0.05) is 19.1 Å². The Kier molecular flexibility index (Phi) is 7.56. The Morgan fingerprint density at radius 3 is 2.29 bits per heavy atom. The number of hydrogen-bond donors (Lipinski definition) is 3. The van der Waals surface area contributed by atoms with E-state index in [-0.39, 0.29) is 18.0 Å². The summed E-state index contributed by atoms with van der Waals surface area (Å²) in [4.78, 5) is 36.4. The molecule has 0 spiro atoms. The van der Waals surface area contributed by atoms with E-state index in [1.54, 1.807) is 48.5 Å². The van der Waals surface area contributed by atoms with Crippen molar-refractivity contribution in [1.29, 1.82) is 0 Å². The van der Waals surface area contributed by atoms with Crippen molar-refractivity contribution in [2.75, 3.05) is 17.2 Å². The van der Waals surface area contributed by atoms with Gasteiger partial charge in [-0.05, 0) is 56.7 Å². The van der Waals surface area contributed by atoms with Gasteiger partial charge in [-0.15, -0.1) is 0 Å². The van der Waals surface area contributed by atoms with E-state index in [1.807, 2.05) is 20.8 Å². The van der Waals surface area contributed by atoms with Crippen LogP contribution in [0.25, 0.3) is 0 Å². The van der Waals surface area contributed by atoms with E-state index in [0.717, 1.165) is 6.42 Å². The third-order valence-electron chi connectivity index (χ3n) is 3.66. The first kappa shape index (κ1) is 21.0. The smallest absolute Gasteiger partial charge is 0.338 e. The summed E-state index contributed by atoms with van der Waals surface area (Å²) in [5.41, 5.74) is 1.67. The SMILES string of the molecule is CCCOC(=O)c1ccc(NC(=O)c2ccccc2NC(=O)NC(C)C)cc1. The molecule has 148 valence electrons. The number of benzene rings is 2. The molecule has 2 rings (SSSR count). The number of amides is 3. The number of nitrogens with one attached hydrogen (secondary N) is 3. The van der Waals surface area contributed by atoms with Crippen LogP contribution < -0.4 is 16.0 Å². The molecule has 0 saturated heterocycles. The number of carbonyl (C=O) groups excluding carboxylic acids is 3. The van der Waals surface area contributed by atoms with Crippen LogP contribution in [0.1, 0.15) is 47.9 Å². The number of hydrogen-bond acceptors (Lipinski definition) is 4. The fraction of sp³-hybridized carbons (Fsp3) is 0.286. The summed E-state index contributed by atoms with van der Waals surface area (Å²) in [6, 6.07) is 12.8. The average Bonchev–Trinajstić information content (AvgIpc) is 2.66. The van der Waals surface area contributed by atoms with Gasteiger partial charge in [0.2, 0.25) is 0 Å². The average molecular weight is 383 g/mol. The molecule has 0 aromatic heterocycles. The monoisotopic (exact) mass is 383 g/mol. The molecule has 0 aliphatic rings. The Hall–Kier alpha value is -3.35. The number of para-hydroxylation sites is 1. The van der Waals surface area contributed by atoms with Crippen molar-refractivity contribution in [3.05, 3.63) is 59.7 Å². The highest BCUT2D eigenvalue weighted by Crippen LogP contribution is 2.18. The van der Waals surface area contributed by atoms with Crippen LogP contribution in [0.15, 0.2) is 48.5 Å². The van der Waals surface area contributed by atoms with Gasteiger partial charge in [0.25, 0.3) is 5.91 Å². The van der Waals surface area contributed by atoms with Gasteiger partial charge in [-0.25, -0.2) is 9.59 Å². The number of rotatable bonds is 7. The second-order valence-electron chi connectivity index (χ2n) is 6.47. The van der Waals surface area contributed by atoms with E-state index in [0.29, 0.717) is 29.1 Å². The molecule has 0 radical (unpaired) electrons. The molecule has 3 amide bonds. The first-order valence-corrected chi connectivity index (χ1v) is 9.15. The zero-order chi connectivity index (χ0) is 20.5. The Balaban J connectivity index is 2.07. The van der Waals surface area contributed by atoms with Crippen molar-refractivity contribution in [1.82, 2.24) is 5.32 Å². The summed E-state index contributed by atoms with van der Waals surface area (Å²) in [5, 5.41) is 8.15. The molecular weight excluding hydrogens is 358 g/mol. The minimum absolute atomic E-state index is 0.0245. The molecule has 2 aromatic rings. The predicted molar refractivity (Wildman–Crippen MR) is 109 cm³/mol. The summed E-state index contributed by atoms with van der Waals surface area (Å²) in [5.74, 6) is -0.771. The quantitative estimate of drug-likeness (QED) is 0.629. The molecule has 7 heteroatoms. The minimum Gasteiger partial charge on any atom is -0.462 e. The third-order valence-corrected chi connectivity index (χ3v) is 3.66. The molecule has 2 aromatic carbocycles. The van der Waals surface area contributed by atoms with Crippen molar-refractivity contribution in [2.24, 2.45) is 0 Å². The predicted octanol–water partition coefficient (Wildman–Crippen LogP) is 4.04. The van der Waals surface area contributed by atoms with Crippen LogP contribution in [0.2, 0.25) is 0 Å². The fourth-order valence-corrected chi connectivity index (χ4v) is 2.38. The molecule has 0 atom stereocenters. The summed E-state index contributed by atoms with van der Waals surface area (Å²) >= 11 is 0. The fourth-order valence-electron chi connectivity index (χ4n) is 2.38. The maximum Gasteiger partial charge on any atom is 0.338 e. The first-order valence-electron chi connectivity index (χ1n) is 9.15. The molecule has 0 heterocycles. The second kappa shape index (κ2) is 10.1. The molecule has 0 aliphatic carbocycles. The number of esters is 1. The largest absolute Gasteiger partial charge is 0.462 e. The molecule has 0 aliphatic heterocycles. The Bertz CT molecular complexity index is 832. The van der Waals surface area contributed by atoms with Gasteiger partial charge in [0.15, 0.2) is 0 Å². The van der Waals surface area contributed by atoms with Gasteiger partial charge in [-0.3, -0.25) is 4.79 Å². The maximum atomic E-state index is 12.6. The van der Waals surface area contributed by atoms with E-state index in [2.05, 4.69) is 16.0 Å². The number of urea groups is 1. The molecule has 0 fully saturated rings. The van der Waals surface area contributed by atoms with Crippen LogP contribution in [0.5, 0.6) is 0 Å². The van der Waals surface area contributed by atoms with Gasteiger partial charge < -0.3 is 20.7 Å². The molecule has 0 bridgehead atoms. The third kappa shape index (κ3) is 6.12. The number of ether oxygens (including phenoxy) is 1. The molecule has 3 N–H and O–H groups in total. The van der Waals surface area contributed by atoms with Crippen LogP contribution in [0, 0.1) is 0 Å². The van der Waals surface area contributed by atoms with Gasteiger partial charge in [0.1, 0.15) is 0 Å². The summed E-state index contributed by atoms with van der Waals surface area (Å²) in [6.45, 7) is 5.98. The van der Waals surface area contributed by atoms with Crippen LogP contribution in [0.3, 0.4) is 0 Å². The van der Waals surface area contributed by atoms with E-state index >= 15 is 0 Å².